The van der Waals surface area contributed by atoms with Gasteiger partial charge in [0.05, 0.1) is 12.5 Å². The lowest BCUT2D eigenvalue weighted by Crippen LogP contribution is -2.50. The van der Waals surface area contributed by atoms with E-state index in [1.54, 1.807) is 0 Å². The number of hydrogen-bond donors (Lipinski definition) is 1. The fraction of sp³-hybridized carbons (Fsp3) is 0.895. The second-order valence-electron chi connectivity index (χ2n) is 7.28. The predicted octanol–water partition coefficient (Wildman–Crippen LogP) is 2.10. The van der Waals surface area contributed by atoms with Gasteiger partial charge in [0.15, 0.2) is 5.96 Å². The lowest BCUT2D eigenvalue weighted by atomic mass is 9.94. The fourth-order valence-corrected chi connectivity index (χ4v) is 4.00. The first-order valence-corrected chi connectivity index (χ1v) is 9.98. The fourth-order valence-electron chi connectivity index (χ4n) is 4.00. The number of rotatable bonds is 6. The van der Waals surface area contributed by atoms with Crippen LogP contribution in [0.1, 0.15) is 51.9 Å². The summed E-state index contributed by atoms with van der Waals surface area (Å²) in [6, 6.07) is 0.737. The standard InChI is InChI=1S/C19H36N4O2/c1-4-25-18(24)16-9-8-13-23(15-16)19(20-2)21-12-14-22(3)17-10-6-5-7-11-17/h16-17H,4-15H2,1-3H3,(H,20,21)/t16-/m1/s1. The summed E-state index contributed by atoms with van der Waals surface area (Å²) in [5, 5.41) is 3.48. The largest absolute Gasteiger partial charge is 0.466 e. The maximum atomic E-state index is 12.0. The number of esters is 1. The second-order valence-corrected chi connectivity index (χ2v) is 7.28. The molecular weight excluding hydrogens is 316 g/mol. The first-order valence-electron chi connectivity index (χ1n) is 9.98. The smallest absolute Gasteiger partial charge is 0.310 e. The Morgan fingerprint density at radius 3 is 2.68 bits per heavy atom. The van der Waals surface area contributed by atoms with E-state index in [-0.39, 0.29) is 11.9 Å². The molecular formula is C19H36N4O2. The minimum atomic E-state index is -0.0697. The van der Waals surface area contributed by atoms with Gasteiger partial charge in [-0.05, 0) is 39.7 Å². The number of ether oxygens (including phenoxy) is 1. The van der Waals surface area contributed by atoms with E-state index in [2.05, 4.69) is 27.2 Å². The Bertz CT molecular complexity index is 435. The predicted molar refractivity (Wildman–Crippen MR) is 102 cm³/mol. The van der Waals surface area contributed by atoms with E-state index in [1.165, 1.54) is 32.1 Å². The highest BCUT2D eigenvalue weighted by Crippen LogP contribution is 2.21. The molecule has 144 valence electrons. The normalized spacial score (nSPS) is 23.0. The summed E-state index contributed by atoms with van der Waals surface area (Å²) in [5.41, 5.74) is 0. The van der Waals surface area contributed by atoms with Crippen LogP contribution >= 0.6 is 0 Å². The van der Waals surface area contributed by atoms with Gasteiger partial charge >= 0.3 is 5.97 Å². The van der Waals surface area contributed by atoms with E-state index in [0.717, 1.165) is 44.5 Å². The van der Waals surface area contributed by atoms with Crippen molar-refractivity contribution in [2.75, 3.05) is 46.9 Å². The molecule has 0 spiro atoms. The number of likely N-dealkylation sites (tertiary alicyclic amines) is 1. The first-order chi connectivity index (χ1) is 12.2. The topological polar surface area (TPSA) is 57.2 Å². The molecule has 2 rings (SSSR count). The number of nitrogens with zero attached hydrogens (tertiary/aromatic N) is 3. The van der Waals surface area contributed by atoms with Crippen LogP contribution in [0.4, 0.5) is 0 Å². The summed E-state index contributed by atoms with van der Waals surface area (Å²) >= 11 is 0. The lowest BCUT2D eigenvalue weighted by Gasteiger charge is -2.35. The molecule has 1 aliphatic carbocycles. The van der Waals surface area contributed by atoms with E-state index >= 15 is 0 Å². The quantitative estimate of drug-likeness (QED) is 0.451. The number of hydrogen-bond acceptors (Lipinski definition) is 4. The van der Waals surface area contributed by atoms with Crippen molar-refractivity contribution in [2.24, 2.45) is 10.9 Å². The van der Waals surface area contributed by atoms with Crippen LogP contribution in [0.3, 0.4) is 0 Å². The summed E-state index contributed by atoms with van der Waals surface area (Å²) in [6.45, 7) is 5.89. The molecule has 2 fully saturated rings. The molecule has 0 bridgehead atoms. The minimum absolute atomic E-state index is 0.0304. The highest BCUT2D eigenvalue weighted by Gasteiger charge is 2.28. The molecule has 0 aromatic rings. The highest BCUT2D eigenvalue weighted by molar-refractivity contribution is 5.81. The molecule has 1 saturated carbocycles. The minimum Gasteiger partial charge on any atom is -0.466 e. The summed E-state index contributed by atoms with van der Waals surface area (Å²) in [4.78, 5) is 21.1. The molecule has 0 amide bonds. The monoisotopic (exact) mass is 352 g/mol. The van der Waals surface area contributed by atoms with E-state index in [0.29, 0.717) is 13.2 Å². The van der Waals surface area contributed by atoms with Gasteiger partial charge in [-0.25, -0.2) is 0 Å². The van der Waals surface area contributed by atoms with Gasteiger partial charge in [-0.2, -0.15) is 0 Å². The van der Waals surface area contributed by atoms with Crippen LogP contribution in [0.15, 0.2) is 4.99 Å². The number of aliphatic imine (C=N–C) groups is 1. The van der Waals surface area contributed by atoms with Crippen LogP contribution in [0, 0.1) is 5.92 Å². The molecule has 6 nitrogen and oxygen atoms in total. The van der Waals surface area contributed by atoms with Gasteiger partial charge in [0.25, 0.3) is 0 Å². The zero-order valence-electron chi connectivity index (χ0n) is 16.3. The van der Waals surface area contributed by atoms with Crippen molar-refractivity contribution in [3.05, 3.63) is 0 Å². The molecule has 0 unspecified atom stereocenters. The van der Waals surface area contributed by atoms with Crippen LogP contribution in [0.2, 0.25) is 0 Å². The number of carbonyl (C=O) groups is 1. The molecule has 0 radical (unpaired) electrons. The van der Waals surface area contributed by atoms with Gasteiger partial charge in [-0.1, -0.05) is 19.3 Å². The van der Waals surface area contributed by atoms with Crippen molar-refractivity contribution in [1.82, 2.24) is 15.1 Å². The van der Waals surface area contributed by atoms with Gasteiger partial charge in [0.2, 0.25) is 0 Å². The van der Waals surface area contributed by atoms with Crippen LogP contribution in [0.5, 0.6) is 0 Å². The molecule has 1 atom stereocenters. The van der Waals surface area contributed by atoms with Crippen LogP contribution < -0.4 is 5.32 Å². The Kier molecular flexibility index (Phi) is 8.52. The summed E-state index contributed by atoms with van der Waals surface area (Å²) in [6.07, 6.45) is 8.71. The first kappa shape index (κ1) is 20.0. The average Bonchev–Trinajstić information content (AvgIpc) is 2.66. The third-order valence-corrected chi connectivity index (χ3v) is 5.50. The molecule has 0 aromatic heterocycles. The van der Waals surface area contributed by atoms with Gasteiger partial charge in [-0.3, -0.25) is 9.79 Å². The van der Waals surface area contributed by atoms with Crippen molar-refractivity contribution in [1.29, 1.82) is 0 Å². The molecule has 1 saturated heterocycles. The van der Waals surface area contributed by atoms with Crippen molar-refractivity contribution in [3.8, 4) is 0 Å². The Hall–Kier alpha value is -1.30. The van der Waals surface area contributed by atoms with Crippen molar-refractivity contribution < 1.29 is 9.53 Å². The number of guanidine groups is 1. The van der Waals surface area contributed by atoms with E-state index in [1.807, 2.05) is 14.0 Å². The second kappa shape index (κ2) is 10.6. The SMILES string of the molecule is CCOC(=O)[C@@H]1CCCN(C(=NC)NCCN(C)C2CCCCC2)C1. The Balaban J connectivity index is 1.76. The van der Waals surface area contributed by atoms with E-state index in [4.69, 9.17) is 4.74 Å². The molecule has 1 aliphatic heterocycles. The van der Waals surface area contributed by atoms with Crippen molar-refractivity contribution in [2.45, 2.75) is 57.9 Å². The Labute approximate surface area is 153 Å². The maximum Gasteiger partial charge on any atom is 0.310 e. The molecule has 6 heteroatoms. The molecule has 0 aromatic carbocycles. The number of carbonyl (C=O) groups excluding carboxylic acids is 1. The molecule has 1 heterocycles. The van der Waals surface area contributed by atoms with Crippen LogP contribution in [-0.4, -0.2) is 74.7 Å². The lowest BCUT2D eigenvalue weighted by molar-refractivity contribution is -0.149. The third kappa shape index (κ3) is 6.17. The van der Waals surface area contributed by atoms with E-state index in [9.17, 15) is 4.79 Å². The summed E-state index contributed by atoms with van der Waals surface area (Å²) in [5.74, 6) is 0.808. The van der Waals surface area contributed by atoms with Gasteiger partial charge < -0.3 is 19.9 Å². The number of likely N-dealkylation sites (N-methyl/N-ethyl adjacent to an activating group) is 1. The number of piperidine rings is 1. The van der Waals surface area contributed by atoms with Crippen LogP contribution in [0.25, 0.3) is 0 Å². The van der Waals surface area contributed by atoms with Gasteiger partial charge in [0, 0.05) is 39.3 Å². The Morgan fingerprint density at radius 1 is 1.24 bits per heavy atom. The molecule has 2 aliphatic rings. The van der Waals surface area contributed by atoms with Crippen molar-refractivity contribution in [3.63, 3.8) is 0 Å². The molecule has 1 N–H and O–H groups in total. The summed E-state index contributed by atoms with van der Waals surface area (Å²) < 4.78 is 5.19. The van der Waals surface area contributed by atoms with Crippen molar-refractivity contribution >= 4 is 11.9 Å². The van der Waals surface area contributed by atoms with Gasteiger partial charge in [-0.15, -0.1) is 0 Å². The summed E-state index contributed by atoms with van der Waals surface area (Å²) in [7, 11) is 4.05. The molecule has 25 heavy (non-hydrogen) atoms. The van der Waals surface area contributed by atoms with E-state index < -0.39 is 0 Å². The number of nitrogens with one attached hydrogen (secondary N) is 1. The van der Waals surface area contributed by atoms with Gasteiger partial charge in [0.1, 0.15) is 0 Å². The third-order valence-electron chi connectivity index (χ3n) is 5.50. The maximum absolute atomic E-state index is 12.0. The zero-order valence-corrected chi connectivity index (χ0v) is 16.3. The van der Waals surface area contributed by atoms with Crippen LogP contribution in [-0.2, 0) is 9.53 Å². The highest BCUT2D eigenvalue weighted by atomic mass is 16.5. The average molecular weight is 353 g/mol. The zero-order chi connectivity index (χ0) is 18.1. The Morgan fingerprint density at radius 2 is 2.00 bits per heavy atom.